The molecule has 0 saturated carbocycles. The Balaban J connectivity index is 2.10. The van der Waals surface area contributed by atoms with Crippen LogP contribution in [-0.4, -0.2) is 27.9 Å². The molecule has 2 rings (SSSR count). The summed E-state index contributed by atoms with van der Waals surface area (Å²) in [5.41, 5.74) is 3.59. The van der Waals surface area contributed by atoms with Crippen molar-refractivity contribution in [2.75, 3.05) is 12.5 Å². The Morgan fingerprint density at radius 1 is 1.26 bits per heavy atom. The molecule has 0 aliphatic heterocycles. The van der Waals surface area contributed by atoms with Gasteiger partial charge < -0.3 is 4.74 Å². The maximum atomic E-state index is 12.0. The highest BCUT2D eigenvalue weighted by molar-refractivity contribution is 5.86. The van der Waals surface area contributed by atoms with Crippen molar-refractivity contribution in [3.63, 3.8) is 0 Å². The lowest BCUT2D eigenvalue weighted by Crippen LogP contribution is -2.26. The Bertz CT molecular complexity index is 573. The minimum absolute atomic E-state index is 0.143. The number of para-hydroxylation sites is 1. The van der Waals surface area contributed by atoms with Crippen molar-refractivity contribution < 1.29 is 9.53 Å². The van der Waals surface area contributed by atoms with Gasteiger partial charge in [-0.25, -0.2) is 4.68 Å². The summed E-state index contributed by atoms with van der Waals surface area (Å²) in [6.45, 7) is 3.56. The van der Waals surface area contributed by atoms with Crippen LogP contribution in [0.3, 0.4) is 0 Å². The van der Waals surface area contributed by atoms with Gasteiger partial charge in [-0.05, 0) is 19.9 Å². The Hall–Kier alpha value is -2.37. The molecule has 0 fully saturated rings. The second-order valence-corrected chi connectivity index (χ2v) is 4.15. The molecule has 0 atom stereocenters. The number of rotatable bonds is 4. The van der Waals surface area contributed by atoms with Crippen LogP contribution in [-0.2, 0) is 11.2 Å². The van der Waals surface area contributed by atoms with E-state index in [-0.39, 0.29) is 12.3 Å². The van der Waals surface area contributed by atoms with Crippen LogP contribution in [0.4, 0.5) is 0 Å². The third-order valence-electron chi connectivity index (χ3n) is 2.77. The Labute approximate surface area is 111 Å². The predicted molar refractivity (Wildman–Crippen MR) is 70.6 cm³/mol. The Morgan fingerprint density at radius 2 is 1.89 bits per heavy atom. The third-order valence-corrected chi connectivity index (χ3v) is 2.77. The van der Waals surface area contributed by atoms with E-state index in [0.717, 1.165) is 5.56 Å². The van der Waals surface area contributed by atoms with E-state index in [1.165, 1.54) is 0 Å². The summed E-state index contributed by atoms with van der Waals surface area (Å²) in [4.78, 5) is 12.0. The molecular weight excluding hydrogens is 244 g/mol. The number of aryl methyl sites for hydroxylation is 2. The molecule has 0 spiro atoms. The van der Waals surface area contributed by atoms with E-state index in [9.17, 15) is 4.79 Å². The molecule has 100 valence electrons. The van der Waals surface area contributed by atoms with Gasteiger partial charge >= 0.3 is 0 Å². The Kier molecular flexibility index (Phi) is 3.79. The second kappa shape index (κ2) is 5.51. The van der Waals surface area contributed by atoms with Crippen LogP contribution in [0.5, 0.6) is 5.75 Å². The monoisotopic (exact) mass is 260 g/mol. The SMILES string of the molecule is COc1ccccc1CC(=O)Nn1c(C)nnc1C. The summed E-state index contributed by atoms with van der Waals surface area (Å²) in [6, 6.07) is 7.44. The average Bonchev–Trinajstić information content (AvgIpc) is 2.71. The number of aromatic nitrogens is 3. The van der Waals surface area contributed by atoms with Gasteiger partial charge in [0, 0.05) is 5.56 Å². The number of ether oxygens (including phenoxy) is 1. The molecule has 1 aromatic carbocycles. The summed E-state index contributed by atoms with van der Waals surface area (Å²) in [6.07, 6.45) is 0.237. The number of methoxy groups -OCH3 is 1. The molecule has 0 aliphatic carbocycles. The minimum atomic E-state index is -0.143. The normalized spacial score (nSPS) is 10.3. The molecule has 6 nitrogen and oxygen atoms in total. The number of amides is 1. The molecule has 1 N–H and O–H groups in total. The van der Waals surface area contributed by atoms with Gasteiger partial charge in [-0.2, -0.15) is 0 Å². The maximum Gasteiger partial charge on any atom is 0.243 e. The zero-order valence-corrected chi connectivity index (χ0v) is 11.2. The van der Waals surface area contributed by atoms with Gasteiger partial charge in [-0.1, -0.05) is 18.2 Å². The van der Waals surface area contributed by atoms with Crippen LogP contribution in [0.25, 0.3) is 0 Å². The summed E-state index contributed by atoms with van der Waals surface area (Å²) < 4.78 is 6.78. The lowest BCUT2D eigenvalue weighted by molar-refractivity contribution is -0.116. The minimum Gasteiger partial charge on any atom is -0.496 e. The molecule has 6 heteroatoms. The first-order valence-corrected chi connectivity index (χ1v) is 5.92. The highest BCUT2D eigenvalue weighted by atomic mass is 16.5. The van der Waals surface area contributed by atoms with Crippen molar-refractivity contribution in [2.45, 2.75) is 20.3 Å². The molecule has 1 amide bonds. The number of carbonyl (C=O) groups excluding carboxylic acids is 1. The maximum absolute atomic E-state index is 12.0. The largest absolute Gasteiger partial charge is 0.496 e. The molecule has 0 saturated heterocycles. The lowest BCUT2D eigenvalue weighted by atomic mass is 10.1. The highest BCUT2D eigenvalue weighted by Gasteiger charge is 2.11. The van der Waals surface area contributed by atoms with E-state index in [1.807, 2.05) is 24.3 Å². The van der Waals surface area contributed by atoms with Crippen molar-refractivity contribution in [2.24, 2.45) is 0 Å². The summed E-state index contributed by atoms with van der Waals surface area (Å²) >= 11 is 0. The molecule has 0 radical (unpaired) electrons. The zero-order valence-electron chi connectivity index (χ0n) is 11.2. The molecule has 2 aromatic rings. The van der Waals surface area contributed by atoms with E-state index in [0.29, 0.717) is 17.4 Å². The average molecular weight is 260 g/mol. The highest BCUT2D eigenvalue weighted by Crippen LogP contribution is 2.17. The van der Waals surface area contributed by atoms with Gasteiger partial charge in [0.25, 0.3) is 0 Å². The van der Waals surface area contributed by atoms with Crippen LogP contribution in [0.2, 0.25) is 0 Å². The standard InChI is InChI=1S/C13H16N4O2/c1-9-14-15-10(2)17(9)16-13(18)8-11-6-4-5-7-12(11)19-3/h4-7H,8H2,1-3H3,(H,16,18). The van der Waals surface area contributed by atoms with Gasteiger partial charge in [0.2, 0.25) is 5.91 Å². The Morgan fingerprint density at radius 3 is 2.53 bits per heavy atom. The van der Waals surface area contributed by atoms with Crippen LogP contribution in [0.15, 0.2) is 24.3 Å². The number of nitrogens with one attached hydrogen (secondary N) is 1. The summed E-state index contributed by atoms with van der Waals surface area (Å²) in [5.74, 6) is 1.85. The fraction of sp³-hybridized carbons (Fsp3) is 0.308. The van der Waals surface area contributed by atoms with Gasteiger partial charge in [0.05, 0.1) is 13.5 Å². The first kappa shape index (κ1) is 13.1. The lowest BCUT2D eigenvalue weighted by Gasteiger charge is -2.10. The molecule has 0 unspecified atom stereocenters. The van der Waals surface area contributed by atoms with Gasteiger partial charge in [-0.15, -0.1) is 10.2 Å². The van der Waals surface area contributed by atoms with Gasteiger partial charge in [-0.3, -0.25) is 10.2 Å². The number of hydrogen-bond acceptors (Lipinski definition) is 4. The predicted octanol–water partition coefficient (Wildman–Crippen LogP) is 1.22. The van der Waals surface area contributed by atoms with E-state index in [1.54, 1.807) is 25.6 Å². The van der Waals surface area contributed by atoms with Crippen molar-refractivity contribution in [1.82, 2.24) is 14.9 Å². The van der Waals surface area contributed by atoms with Crippen LogP contribution < -0.4 is 10.2 Å². The van der Waals surface area contributed by atoms with Gasteiger partial charge in [0.1, 0.15) is 17.4 Å². The molecule has 1 heterocycles. The second-order valence-electron chi connectivity index (χ2n) is 4.15. The van der Waals surface area contributed by atoms with Crippen molar-refractivity contribution in [3.8, 4) is 5.75 Å². The molecule has 1 aromatic heterocycles. The molecule has 0 bridgehead atoms. The summed E-state index contributed by atoms with van der Waals surface area (Å²) in [5, 5.41) is 7.77. The fourth-order valence-electron chi connectivity index (χ4n) is 1.82. The van der Waals surface area contributed by atoms with Crippen molar-refractivity contribution in [1.29, 1.82) is 0 Å². The van der Waals surface area contributed by atoms with E-state index in [4.69, 9.17) is 4.74 Å². The van der Waals surface area contributed by atoms with Gasteiger partial charge in [0.15, 0.2) is 0 Å². The number of carbonyl (C=O) groups is 1. The van der Waals surface area contributed by atoms with Crippen LogP contribution in [0, 0.1) is 13.8 Å². The first-order chi connectivity index (χ1) is 9.11. The fourth-order valence-corrected chi connectivity index (χ4v) is 1.82. The van der Waals surface area contributed by atoms with E-state index in [2.05, 4.69) is 15.6 Å². The molecule has 19 heavy (non-hydrogen) atoms. The van der Waals surface area contributed by atoms with Crippen LogP contribution >= 0.6 is 0 Å². The first-order valence-electron chi connectivity index (χ1n) is 5.92. The van der Waals surface area contributed by atoms with Crippen molar-refractivity contribution >= 4 is 5.91 Å². The third kappa shape index (κ3) is 2.90. The van der Waals surface area contributed by atoms with Crippen molar-refractivity contribution in [3.05, 3.63) is 41.5 Å². The number of nitrogens with zero attached hydrogens (tertiary/aromatic N) is 3. The quantitative estimate of drug-likeness (QED) is 0.897. The van der Waals surface area contributed by atoms with E-state index >= 15 is 0 Å². The summed E-state index contributed by atoms with van der Waals surface area (Å²) in [7, 11) is 1.59. The zero-order chi connectivity index (χ0) is 13.8. The molecular formula is C13H16N4O2. The molecule has 0 aliphatic rings. The topological polar surface area (TPSA) is 69.0 Å². The number of hydrogen-bond donors (Lipinski definition) is 1. The number of benzene rings is 1. The smallest absolute Gasteiger partial charge is 0.243 e. The van der Waals surface area contributed by atoms with Crippen LogP contribution in [0.1, 0.15) is 17.2 Å². The van der Waals surface area contributed by atoms with E-state index < -0.39 is 0 Å².